The Balaban J connectivity index is 1.95. The Kier molecular flexibility index (Phi) is 4.85. The fourth-order valence-electron chi connectivity index (χ4n) is 4.68. The second kappa shape index (κ2) is 7.62. The summed E-state index contributed by atoms with van der Waals surface area (Å²) in [6, 6.07) is 19.9. The molecule has 5 rings (SSSR count). The number of rotatable bonds is 3. The first kappa shape index (κ1) is 21.0. The molecule has 0 amide bonds. The van der Waals surface area contributed by atoms with Crippen LogP contribution in [0.25, 0.3) is 27.6 Å². The highest BCUT2D eigenvalue weighted by Gasteiger charge is 2.21. The Morgan fingerprint density at radius 2 is 1.36 bits per heavy atom. The molecule has 0 aliphatic heterocycles. The van der Waals surface area contributed by atoms with Gasteiger partial charge in [-0.15, -0.1) is 0 Å². The van der Waals surface area contributed by atoms with Gasteiger partial charge in [-0.2, -0.15) is 0 Å². The summed E-state index contributed by atoms with van der Waals surface area (Å²) in [5, 5.41) is 0.920. The molecule has 0 bridgehead atoms. The number of nitrogens with zero attached hydrogens (tertiary/aromatic N) is 3. The number of fused-ring (bicyclic) bond motifs is 3. The molecule has 0 saturated heterocycles. The molecule has 33 heavy (non-hydrogen) atoms. The normalized spacial score (nSPS) is 11.5. The first-order valence-electron chi connectivity index (χ1n) is 11.1. The number of benzene rings is 3. The predicted molar refractivity (Wildman–Crippen MR) is 135 cm³/mol. The van der Waals surface area contributed by atoms with Crippen LogP contribution in [0.5, 0.6) is 0 Å². The van der Waals surface area contributed by atoms with Gasteiger partial charge in [-0.05, 0) is 63.1 Å². The highest BCUT2D eigenvalue weighted by atomic mass is 16.2. The van der Waals surface area contributed by atoms with E-state index in [-0.39, 0.29) is 11.2 Å². The van der Waals surface area contributed by atoms with Crippen molar-refractivity contribution in [3.8, 4) is 5.69 Å². The number of aromatic nitrogens is 3. The number of hydrogen-bond donors (Lipinski definition) is 0. The lowest BCUT2D eigenvalue weighted by molar-refractivity contribution is 0.710. The van der Waals surface area contributed by atoms with E-state index in [0.29, 0.717) is 23.3 Å². The van der Waals surface area contributed by atoms with Gasteiger partial charge >= 0.3 is 5.69 Å². The maximum Gasteiger partial charge on any atom is 0.336 e. The smallest absolute Gasteiger partial charge is 0.336 e. The molecule has 3 aromatic carbocycles. The van der Waals surface area contributed by atoms with Crippen LogP contribution >= 0.6 is 0 Å². The van der Waals surface area contributed by atoms with Gasteiger partial charge in [0.15, 0.2) is 0 Å². The van der Waals surface area contributed by atoms with E-state index in [2.05, 4.69) is 38.1 Å². The first-order chi connectivity index (χ1) is 15.8. The van der Waals surface area contributed by atoms with Crippen molar-refractivity contribution in [1.29, 1.82) is 0 Å². The predicted octanol–water partition coefficient (Wildman–Crippen LogP) is 4.93. The SMILES string of the molecule is Cc1ccc(-n2c(=O)c3c(c4cc(C)ccc4n3C)n(Cc3cc(C)ccc3C)c2=O)cc1. The molecule has 5 heteroatoms. The third-order valence-corrected chi connectivity index (χ3v) is 6.55. The van der Waals surface area contributed by atoms with E-state index in [4.69, 9.17) is 0 Å². The van der Waals surface area contributed by atoms with Crippen LogP contribution in [0, 0.1) is 27.7 Å². The summed E-state index contributed by atoms with van der Waals surface area (Å²) in [4.78, 5) is 27.7. The topological polar surface area (TPSA) is 48.9 Å². The molecule has 0 radical (unpaired) electrons. The molecule has 0 aliphatic carbocycles. The Morgan fingerprint density at radius 3 is 2.09 bits per heavy atom. The van der Waals surface area contributed by atoms with Crippen molar-refractivity contribution in [3.05, 3.63) is 109 Å². The van der Waals surface area contributed by atoms with E-state index in [1.54, 1.807) is 4.57 Å². The zero-order valence-electron chi connectivity index (χ0n) is 19.6. The van der Waals surface area contributed by atoms with Crippen molar-refractivity contribution in [1.82, 2.24) is 13.7 Å². The summed E-state index contributed by atoms with van der Waals surface area (Å²) in [5.74, 6) is 0. The molecule has 0 saturated carbocycles. The maximum atomic E-state index is 13.9. The summed E-state index contributed by atoms with van der Waals surface area (Å²) in [6.07, 6.45) is 0. The minimum Gasteiger partial charge on any atom is -0.338 e. The fourth-order valence-corrected chi connectivity index (χ4v) is 4.68. The molecule has 2 aromatic heterocycles. The van der Waals surface area contributed by atoms with Crippen LogP contribution in [0.3, 0.4) is 0 Å². The second-order valence-corrected chi connectivity index (χ2v) is 9.05. The molecule has 0 fully saturated rings. The Hall–Kier alpha value is -3.86. The molecule has 5 nitrogen and oxygen atoms in total. The molecule has 166 valence electrons. The summed E-state index contributed by atoms with van der Waals surface area (Å²) >= 11 is 0. The van der Waals surface area contributed by atoms with Crippen LogP contribution in [-0.4, -0.2) is 13.7 Å². The average Bonchev–Trinajstić information content (AvgIpc) is 3.06. The van der Waals surface area contributed by atoms with E-state index in [0.717, 1.165) is 38.7 Å². The van der Waals surface area contributed by atoms with Gasteiger partial charge in [-0.1, -0.05) is 53.1 Å². The van der Waals surface area contributed by atoms with Gasteiger partial charge in [0.1, 0.15) is 5.52 Å². The van der Waals surface area contributed by atoms with Crippen LogP contribution in [0.15, 0.2) is 70.3 Å². The fraction of sp³-hybridized carbons (Fsp3) is 0.214. The van der Waals surface area contributed by atoms with Gasteiger partial charge in [0, 0.05) is 12.4 Å². The highest BCUT2D eigenvalue weighted by molar-refractivity contribution is 6.06. The molecule has 0 spiro atoms. The van der Waals surface area contributed by atoms with E-state index in [1.807, 2.05) is 61.9 Å². The van der Waals surface area contributed by atoms with Crippen LogP contribution in [0.2, 0.25) is 0 Å². The minimum absolute atomic E-state index is 0.299. The molecule has 0 aliphatic rings. The van der Waals surface area contributed by atoms with Crippen molar-refractivity contribution in [2.45, 2.75) is 34.2 Å². The zero-order valence-corrected chi connectivity index (χ0v) is 19.6. The highest BCUT2D eigenvalue weighted by Crippen LogP contribution is 2.27. The maximum absolute atomic E-state index is 13.9. The van der Waals surface area contributed by atoms with E-state index in [1.165, 1.54) is 4.57 Å². The molecule has 2 heterocycles. The van der Waals surface area contributed by atoms with Crippen molar-refractivity contribution in [3.63, 3.8) is 0 Å². The lowest BCUT2D eigenvalue weighted by atomic mass is 10.1. The first-order valence-corrected chi connectivity index (χ1v) is 11.1. The average molecular weight is 438 g/mol. The van der Waals surface area contributed by atoms with E-state index in [9.17, 15) is 9.59 Å². The van der Waals surface area contributed by atoms with Crippen LogP contribution < -0.4 is 11.2 Å². The third kappa shape index (κ3) is 3.32. The van der Waals surface area contributed by atoms with Crippen molar-refractivity contribution in [2.75, 3.05) is 0 Å². The summed E-state index contributed by atoms with van der Waals surface area (Å²) < 4.78 is 4.98. The van der Waals surface area contributed by atoms with Crippen molar-refractivity contribution in [2.24, 2.45) is 7.05 Å². The molecule has 0 unspecified atom stereocenters. The standard InChI is InChI=1S/C28H27N3O2/c1-17-7-11-22(12-8-17)31-27(32)26-25(23-15-19(3)9-13-24(23)29(26)5)30(28(31)33)16-21-14-18(2)6-10-20(21)4/h6-15H,16H2,1-5H3. The van der Waals surface area contributed by atoms with Gasteiger partial charge in [0.25, 0.3) is 5.56 Å². The van der Waals surface area contributed by atoms with Crippen molar-refractivity contribution < 1.29 is 0 Å². The molecular weight excluding hydrogens is 410 g/mol. The van der Waals surface area contributed by atoms with Crippen LogP contribution in [-0.2, 0) is 13.6 Å². The van der Waals surface area contributed by atoms with Gasteiger partial charge < -0.3 is 4.57 Å². The van der Waals surface area contributed by atoms with Gasteiger partial charge in [0.05, 0.1) is 23.3 Å². The van der Waals surface area contributed by atoms with Crippen LogP contribution in [0.1, 0.15) is 27.8 Å². The monoisotopic (exact) mass is 437 g/mol. The lowest BCUT2D eigenvalue weighted by Crippen LogP contribution is -2.39. The van der Waals surface area contributed by atoms with Crippen LogP contribution in [0.4, 0.5) is 0 Å². The molecular formula is C28H27N3O2. The molecule has 0 atom stereocenters. The zero-order chi connectivity index (χ0) is 23.4. The van der Waals surface area contributed by atoms with Gasteiger partial charge in [0.2, 0.25) is 0 Å². The van der Waals surface area contributed by atoms with E-state index >= 15 is 0 Å². The molecule has 0 N–H and O–H groups in total. The number of hydrogen-bond acceptors (Lipinski definition) is 2. The Bertz CT molecular complexity index is 1670. The lowest BCUT2D eigenvalue weighted by Gasteiger charge is -2.15. The van der Waals surface area contributed by atoms with Gasteiger partial charge in [-0.3, -0.25) is 9.36 Å². The number of aryl methyl sites for hydroxylation is 5. The second-order valence-electron chi connectivity index (χ2n) is 9.05. The van der Waals surface area contributed by atoms with Crippen molar-refractivity contribution >= 4 is 21.9 Å². The molecule has 5 aromatic rings. The quantitative estimate of drug-likeness (QED) is 0.402. The Morgan fingerprint density at radius 1 is 0.727 bits per heavy atom. The minimum atomic E-state index is -0.328. The largest absolute Gasteiger partial charge is 0.338 e. The van der Waals surface area contributed by atoms with E-state index < -0.39 is 0 Å². The van der Waals surface area contributed by atoms with Gasteiger partial charge in [-0.25, -0.2) is 9.36 Å². The Labute approximate surface area is 192 Å². The summed E-state index contributed by atoms with van der Waals surface area (Å²) in [5.41, 5.74) is 7.59. The third-order valence-electron chi connectivity index (χ3n) is 6.55. The summed E-state index contributed by atoms with van der Waals surface area (Å²) in [6.45, 7) is 8.51. The summed E-state index contributed by atoms with van der Waals surface area (Å²) in [7, 11) is 1.90.